The Bertz CT molecular complexity index is 502. The number of nitrogens with one attached hydrogen (secondary N) is 1. The van der Waals surface area contributed by atoms with E-state index in [2.05, 4.69) is 41.1 Å². The molecule has 0 aliphatic carbocycles. The van der Waals surface area contributed by atoms with Gasteiger partial charge in [0.05, 0.1) is 0 Å². The van der Waals surface area contributed by atoms with Crippen LogP contribution < -0.4 is 5.73 Å². The molecule has 6 heteroatoms. The second-order valence-electron chi connectivity index (χ2n) is 4.84. The van der Waals surface area contributed by atoms with Crippen LogP contribution in [-0.2, 0) is 12.5 Å². The number of aromatic amines is 1. The van der Waals surface area contributed by atoms with Gasteiger partial charge in [0.2, 0.25) is 0 Å². The van der Waals surface area contributed by atoms with Crippen LogP contribution in [0.25, 0.3) is 11.5 Å². The zero-order valence-corrected chi connectivity index (χ0v) is 9.94. The minimum atomic E-state index is -0.0679. The fourth-order valence-electron chi connectivity index (χ4n) is 1.39. The average Bonchev–Trinajstić information content (AvgIpc) is 2.70. The van der Waals surface area contributed by atoms with Crippen molar-refractivity contribution >= 4 is 5.82 Å². The lowest BCUT2D eigenvalue weighted by atomic mass is 9.96. The topological polar surface area (TPSA) is 85.4 Å². The standard InChI is InChI=1S/C10H16N6/c1-10(2,3)9-12-8(16(4)15-9)6-5-7(11)14-13-6/h5H,1-4H3,(H3,11,13,14). The van der Waals surface area contributed by atoms with E-state index in [0.717, 1.165) is 17.3 Å². The summed E-state index contributed by atoms with van der Waals surface area (Å²) in [7, 11) is 1.86. The normalized spacial score (nSPS) is 12.0. The summed E-state index contributed by atoms with van der Waals surface area (Å²) >= 11 is 0. The third-order valence-corrected chi connectivity index (χ3v) is 2.27. The highest BCUT2D eigenvalue weighted by Crippen LogP contribution is 2.22. The lowest BCUT2D eigenvalue weighted by Crippen LogP contribution is -2.13. The quantitative estimate of drug-likeness (QED) is 0.753. The fourth-order valence-corrected chi connectivity index (χ4v) is 1.39. The number of nitrogens with zero attached hydrogens (tertiary/aromatic N) is 4. The van der Waals surface area contributed by atoms with Crippen molar-refractivity contribution in [2.24, 2.45) is 7.05 Å². The Balaban J connectivity index is 2.47. The molecule has 2 rings (SSSR count). The summed E-state index contributed by atoms with van der Waals surface area (Å²) in [6.07, 6.45) is 0. The summed E-state index contributed by atoms with van der Waals surface area (Å²) in [4.78, 5) is 4.49. The summed E-state index contributed by atoms with van der Waals surface area (Å²) in [5.74, 6) is 2.00. The Hall–Kier alpha value is -1.85. The van der Waals surface area contributed by atoms with Gasteiger partial charge in [-0.25, -0.2) is 9.67 Å². The molecule has 2 aromatic rings. The van der Waals surface area contributed by atoms with Gasteiger partial charge in [0.25, 0.3) is 0 Å². The monoisotopic (exact) mass is 220 g/mol. The zero-order valence-electron chi connectivity index (χ0n) is 9.94. The van der Waals surface area contributed by atoms with Crippen LogP contribution in [0.4, 0.5) is 5.82 Å². The predicted octanol–water partition coefficient (Wildman–Crippen LogP) is 1.08. The third kappa shape index (κ3) is 1.78. The molecule has 86 valence electrons. The number of rotatable bonds is 1. The number of anilines is 1. The highest BCUT2D eigenvalue weighted by Gasteiger charge is 2.21. The molecule has 0 amide bonds. The van der Waals surface area contributed by atoms with E-state index >= 15 is 0 Å². The van der Waals surface area contributed by atoms with Crippen LogP contribution in [-0.4, -0.2) is 25.0 Å². The minimum absolute atomic E-state index is 0.0679. The Labute approximate surface area is 93.9 Å². The largest absolute Gasteiger partial charge is 0.382 e. The molecular weight excluding hydrogens is 204 g/mol. The summed E-state index contributed by atoms with van der Waals surface area (Å²) < 4.78 is 1.73. The zero-order chi connectivity index (χ0) is 11.9. The smallest absolute Gasteiger partial charge is 0.176 e. The van der Waals surface area contributed by atoms with Crippen LogP contribution in [0.5, 0.6) is 0 Å². The van der Waals surface area contributed by atoms with E-state index in [1.54, 1.807) is 10.7 Å². The first-order chi connectivity index (χ1) is 7.38. The van der Waals surface area contributed by atoms with E-state index in [9.17, 15) is 0 Å². The van der Waals surface area contributed by atoms with Crippen molar-refractivity contribution in [1.82, 2.24) is 25.0 Å². The number of hydrogen-bond acceptors (Lipinski definition) is 4. The first-order valence-electron chi connectivity index (χ1n) is 5.10. The van der Waals surface area contributed by atoms with Gasteiger partial charge in [-0.15, -0.1) is 0 Å². The van der Waals surface area contributed by atoms with E-state index in [4.69, 9.17) is 5.73 Å². The van der Waals surface area contributed by atoms with Crippen molar-refractivity contribution in [3.05, 3.63) is 11.9 Å². The maximum absolute atomic E-state index is 5.56. The second-order valence-corrected chi connectivity index (χ2v) is 4.84. The van der Waals surface area contributed by atoms with Crippen LogP contribution in [0.15, 0.2) is 6.07 Å². The molecule has 16 heavy (non-hydrogen) atoms. The molecule has 0 saturated carbocycles. The van der Waals surface area contributed by atoms with Crippen LogP contribution in [0.2, 0.25) is 0 Å². The average molecular weight is 220 g/mol. The molecule has 6 nitrogen and oxygen atoms in total. The van der Waals surface area contributed by atoms with Crippen LogP contribution >= 0.6 is 0 Å². The van der Waals surface area contributed by atoms with Gasteiger partial charge in [-0.3, -0.25) is 5.10 Å². The summed E-state index contributed by atoms with van der Waals surface area (Å²) in [6.45, 7) is 6.23. The number of nitrogen functional groups attached to an aromatic ring is 1. The molecule has 0 aromatic carbocycles. The first kappa shape index (κ1) is 10.7. The van der Waals surface area contributed by atoms with Crippen molar-refractivity contribution in [1.29, 1.82) is 0 Å². The molecule has 0 aliphatic rings. The molecule has 0 atom stereocenters. The molecule has 3 N–H and O–H groups in total. The van der Waals surface area contributed by atoms with Crippen molar-refractivity contribution in [3.8, 4) is 11.5 Å². The maximum Gasteiger partial charge on any atom is 0.176 e. The molecule has 0 saturated heterocycles. The second kappa shape index (κ2) is 3.33. The molecule has 2 aromatic heterocycles. The number of nitrogens with two attached hydrogens (primary N) is 1. The SMILES string of the molecule is Cn1nc(C(C)(C)C)nc1-c1cc(N)n[nH]1. The number of aryl methyl sites for hydroxylation is 1. The summed E-state index contributed by atoms with van der Waals surface area (Å²) in [5.41, 5.74) is 6.27. The first-order valence-corrected chi connectivity index (χ1v) is 5.10. The van der Waals surface area contributed by atoms with E-state index in [-0.39, 0.29) is 5.41 Å². The Morgan fingerprint density at radius 1 is 1.38 bits per heavy atom. The van der Waals surface area contributed by atoms with E-state index in [0.29, 0.717) is 5.82 Å². The van der Waals surface area contributed by atoms with Crippen molar-refractivity contribution in [3.63, 3.8) is 0 Å². The van der Waals surface area contributed by atoms with Crippen molar-refractivity contribution < 1.29 is 0 Å². The summed E-state index contributed by atoms with van der Waals surface area (Å²) in [5, 5.41) is 11.1. The fraction of sp³-hybridized carbons (Fsp3) is 0.500. The molecule has 0 bridgehead atoms. The highest BCUT2D eigenvalue weighted by molar-refractivity contribution is 5.54. The highest BCUT2D eigenvalue weighted by atomic mass is 15.3. The predicted molar refractivity (Wildman–Crippen MR) is 61.7 cm³/mol. The Morgan fingerprint density at radius 3 is 2.50 bits per heavy atom. The lowest BCUT2D eigenvalue weighted by molar-refractivity contribution is 0.538. The van der Waals surface area contributed by atoms with E-state index < -0.39 is 0 Å². The Kier molecular flexibility index (Phi) is 2.22. The Morgan fingerprint density at radius 2 is 2.06 bits per heavy atom. The number of aromatic nitrogens is 5. The lowest BCUT2D eigenvalue weighted by Gasteiger charge is -2.11. The number of H-pyrrole nitrogens is 1. The van der Waals surface area contributed by atoms with Gasteiger partial charge in [0, 0.05) is 18.5 Å². The van der Waals surface area contributed by atoms with Gasteiger partial charge in [-0.2, -0.15) is 10.2 Å². The molecule has 0 unspecified atom stereocenters. The minimum Gasteiger partial charge on any atom is -0.382 e. The molecule has 0 radical (unpaired) electrons. The van der Waals surface area contributed by atoms with Crippen molar-refractivity contribution in [2.45, 2.75) is 26.2 Å². The van der Waals surface area contributed by atoms with Gasteiger partial charge in [0.1, 0.15) is 11.5 Å². The van der Waals surface area contributed by atoms with Crippen LogP contribution in [0, 0.1) is 0 Å². The maximum atomic E-state index is 5.56. The molecule has 0 spiro atoms. The molecule has 2 heterocycles. The summed E-state index contributed by atoms with van der Waals surface area (Å²) in [6, 6.07) is 1.75. The molecular formula is C10H16N6. The van der Waals surface area contributed by atoms with Gasteiger partial charge >= 0.3 is 0 Å². The number of hydrogen-bond donors (Lipinski definition) is 2. The third-order valence-electron chi connectivity index (χ3n) is 2.27. The molecule has 0 aliphatic heterocycles. The van der Waals surface area contributed by atoms with Gasteiger partial charge in [-0.1, -0.05) is 20.8 Å². The van der Waals surface area contributed by atoms with Gasteiger partial charge < -0.3 is 5.73 Å². The van der Waals surface area contributed by atoms with E-state index in [1.165, 1.54) is 0 Å². The van der Waals surface area contributed by atoms with Gasteiger partial charge in [-0.05, 0) is 0 Å². The van der Waals surface area contributed by atoms with E-state index in [1.807, 2.05) is 7.05 Å². The van der Waals surface area contributed by atoms with Crippen LogP contribution in [0.1, 0.15) is 26.6 Å². The molecule has 0 fully saturated rings. The van der Waals surface area contributed by atoms with Crippen LogP contribution in [0.3, 0.4) is 0 Å². The van der Waals surface area contributed by atoms with Crippen molar-refractivity contribution in [2.75, 3.05) is 5.73 Å². The van der Waals surface area contributed by atoms with Gasteiger partial charge in [0.15, 0.2) is 11.6 Å².